The third kappa shape index (κ3) is 11.3. The Kier molecular flexibility index (Phi) is 15.8. The van der Waals surface area contributed by atoms with Crippen molar-refractivity contribution in [3.63, 3.8) is 0 Å². The summed E-state index contributed by atoms with van der Waals surface area (Å²) >= 11 is 0. The molecule has 0 aromatic rings. The Hall–Kier alpha value is -3.06. The highest BCUT2D eigenvalue weighted by Gasteiger charge is 2.48. The normalized spacial score (nSPS) is 21.2. The minimum Gasteiger partial charge on any atom is -0.342 e. The van der Waals surface area contributed by atoms with E-state index in [0.29, 0.717) is 32.2 Å². The van der Waals surface area contributed by atoms with Crippen molar-refractivity contribution in [2.24, 2.45) is 17.8 Å². The maximum absolute atomic E-state index is 14.2. The molecule has 0 bridgehead atoms. The van der Waals surface area contributed by atoms with Gasteiger partial charge in [-0.2, -0.15) is 0 Å². The van der Waals surface area contributed by atoms with Crippen LogP contribution in [0.5, 0.6) is 0 Å². The molecule has 2 aliphatic heterocycles. The predicted molar refractivity (Wildman–Crippen MR) is 179 cm³/mol. The van der Waals surface area contributed by atoms with E-state index in [-0.39, 0.29) is 42.4 Å². The Morgan fingerprint density at radius 1 is 0.872 bits per heavy atom. The van der Waals surface area contributed by atoms with Crippen LogP contribution in [0.1, 0.15) is 93.4 Å². The van der Waals surface area contributed by atoms with E-state index < -0.39 is 54.0 Å². The van der Waals surface area contributed by atoms with Crippen LogP contribution in [-0.2, 0) is 33.6 Å². The zero-order chi connectivity index (χ0) is 35.6. The first-order chi connectivity index (χ1) is 22.0. The third-order valence-electron chi connectivity index (χ3n) is 8.84. The van der Waals surface area contributed by atoms with E-state index in [0.717, 1.165) is 24.3 Å². The summed E-state index contributed by atoms with van der Waals surface area (Å²) in [5.41, 5.74) is 0. The number of hydroxylamine groups is 2. The fraction of sp³-hybridized carbons (Fsp3) is 0.824. The number of likely N-dealkylation sites (N-methyl/N-ethyl adjacent to an activating group) is 2. The molecule has 2 fully saturated rings. The molecule has 0 saturated carbocycles. The monoisotopic (exact) mass is 664 g/mol. The Balaban J connectivity index is 2.31. The van der Waals surface area contributed by atoms with Gasteiger partial charge < -0.3 is 25.2 Å². The fourth-order valence-corrected chi connectivity index (χ4v) is 6.22. The quantitative estimate of drug-likeness (QED) is 0.224. The van der Waals surface area contributed by atoms with Crippen molar-refractivity contribution in [1.29, 1.82) is 0 Å². The second kappa shape index (κ2) is 18.5. The SMILES string of the molecule is CC(C)CC(C(=O)N[C@@H]1C(=O)N(C(CC(C)C)C(=O)N(C)C(CC(C)C)C(=O)N[C@@H](CC=O)C(=O)N2CCCCC2)O[C@@H]1C)N(C)C. The van der Waals surface area contributed by atoms with Crippen LogP contribution in [0.3, 0.4) is 0 Å². The standard InChI is InChI=1S/C34H60N6O7/c1-21(2)18-26(37(8)9)30(42)36-29-24(7)47-40(34(29)46)28(20-23(5)6)33(45)38(10)27(19-22(3)4)31(43)35-25(14-17-41)32(44)39-15-12-11-13-16-39/h17,21-29H,11-16,18-20H2,1-10H3,(H,35,43)(H,36,42)/t24-,25+,26?,27?,28?,29+/m1/s1. The van der Waals surface area contributed by atoms with Crippen molar-refractivity contribution in [3.05, 3.63) is 0 Å². The smallest absolute Gasteiger partial charge is 0.272 e. The molecule has 13 nitrogen and oxygen atoms in total. The van der Waals surface area contributed by atoms with Gasteiger partial charge in [0.15, 0.2) is 0 Å². The summed E-state index contributed by atoms with van der Waals surface area (Å²) in [5.74, 6) is -1.90. The number of piperidine rings is 1. The Morgan fingerprint density at radius 2 is 1.43 bits per heavy atom. The lowest BCUT2D eigenvalue weighted by molar-refractivity contribution is -0.194. The summed E-state index contributed by atoms with van der Waals surface area (Å²) in [6.45, 7) is 14.6. The number of nitrogens with zero attached hydrogens (tertiary/aromatic N) is 4. The van der Waals surface area contributed by atoms with Crippen molar-refractivity contribution < 1.29 is 33.6 Å². The second-order valence-corrected chi connectivity index (χ2v) is 14.7. The summed E-state index contributed by atoms with van der Waals surface area (Å²) in [4.78, 5) is 90.7. The van der Waals surface area contributed by atoms with Crippen LogP contribution in [0.15, 0.2) is 0 Å². The van der Waals surface area contributed by atoms with E-state index in [9.17, 15) is 28.8 Å². The molecule has 2 rings (SSSR count). The average molecular weight is 665 g/mol. The minimum atomic E-state index is -1.06. The maximum Gasteiger partial charge on any atom is 0.272 e. The molecule has 268 valence electrons. The lowest BCUT2D eigenvalue weighted by atomic mass is 9.97. The minimum absolute atomic E-state index is 0.00614. The molecule has 2 saturated heterocycles. The largest absolute Gasteiger partial charge is 0.342 e. The van der Waals surface area contributed by atoms with Crippen LogP contribution in [0.2, 0.25) is 0 Å². The molecule has 2 N–H and O–H groups in total. The van der Waals surface area contributed by atoms with E-state index in [4.69, 9.17) is 4.84 Å². The molecular weight excluding hydrogens is 604 g/mol. The van der Waals surface area contributed by atoms with E-state index in [1.807, 2.05) is 60.5 Å². The first kappa shape index (κ1) is 40.1. The summed E-state index contributed by atoms with van der Waals surface area (Å²) < 4.78 is 0. The van der Waals surface area contributed by atoms with Gasteiger partial charge in [-0.05, 0) is 77.3 Å². The number of nitrogens with one attached hydrogen (secondary N) is 2. The van der Waals surface area contributed by atoms with Gasteiger partial charge in [-0.1, -0.05) is 41.5 Å². The fourth-order valence-electron chi connectivity index (χ4n) is 6.22. The average Bonchev–Trinajstić information content (AvgIpc) is 3.27. The molecule has 6 atom stereocenters. The molecule has 0 radical (unpaired) electrons. The van der Waals surface area contributed by atoms with E-state index in [1.165, 1.54) is 11.9 Å². The topological polar surface area (TPSA) is 149 Å². The number of carbonyl (C=O) groups excluding carboxylic acids is 6. The molecule has 0 aromatic heterocycles. The number of rotatable bonds is 17. The third-order valence-corrected chi connectivity index (χ3v) is 8.84. The highest BCUT2D eigenvalue weighted by Crippen LogP contribution is 2.26. The molecule has 0 spiro atoms. The van der Waals surface area contributed by atoms with Gasteiger partial charge >= 0.3 is 0 Å². The van der Waals surface area contributed by atoms with Crippen molar-refractivity contribution >= 4 is 35.8 Å². The number of likely N-dealkylation sites (tertiary alicyclic amines) is 1. The van der Waals surface area contributed by atoms with Crippen LogP contribution in [0, 0.1) is 17.8 Å². The molecule has 2 heterocycles. The van der Waals surface area contributed by atoms with Crippen molar-refractivity contribution in [3.8, 4) is 0 Å². The van der Waals surface area contributed by atoms with Gasteiger partial charge in [0.1, 0.15) is 36.6 Å². The van der Waals surface area contributed by atoms with Crippen LogP contribution in [0.25, 0.3) is 0 Å². The maximum atomic E-state index is 14.2. The zero-order valence-electron chi connectivity index (χ0n) is 30.3. The van der Waals surface area contributed by atoms with Gasteiger partial charge in [0.05, 0.1) is 6.04 Å². The van der Waals surface area contributed by atoms with Crippen LogP contribution < -0.4 is 10.6 Å². The first-order valence-corrected chi connectivity index (χ1v) is 17.3. The number of carbonyl (C=O) groups is 6. The van der Waals surface area contributed by atoms with Gasteiger partial charge in [-0.15, -0.1) is 0 Å². The summed E-state index contributed by atoms with van der Waals surface area (Å²) in [6.07, 6.45) is 3.64. The molecule has 47 heavy (non-hydrogen) atoms. The van der Waals surface area contributed by atoms with Crippen LogP contribution in [0.4, 0.5) is 0 Å². The Morgan fingerprint density at radius 3 is 1.94 bits per heavy atom. The van der Waals surface area contributed by atoms with E-state index >= 15 is 0 Å². The second-order valence-electron chi connectivity index (χ2n) is 14.7. The van der Waals surface area contributed by atoms with Gasteiger partial charge in [0.2, 0.25) is 23.6 Å². The molecule has 5 amide bonds. The van der Waals surface area contributed by atoms with Gasteiger partial charge in [0, 0.05) is 26.6 Å². The van der Waals surface area contributed by atoms with Crippen molar-refractivity contribution in [2.75, 3.05) is 34.2 Å². The zero-order valence-corrected chi connectivity index (χ0v) is 30.3. The van der Waals surface area contributed by atoms with E-state index in [1.54, 1.807) is 11.8 Å². The van der Waals surface area contributed by atoms with Crippen molar-refractivity contribution in [1.82, 2.24) is 30.4 Å². The predicted octanol–water partition coefficient (Wildman–Crippen LogP) is 1.98. The van der Waals surface area contributed by atoms with Crippen LogP contribution in [-0.4, -0.2) is 126 Å². The van der Waals surface area contributed by atoms with Crippen molar-refractivity contribution in [2.45, 2.75) is 130 Å². The molecule has 13 heteroatoms. The molecule has 2 aliphatic rings. The summed E-state index contributed by atoms with van der Waals surface area (Å²) in [5, 5.41) is 6.69. The Labute approximate surface area is 281 Å². The summed E-state index contributed by atoms with van der Waals surface area (Å²) in [7, 11) is 5.15. The molecular formula is C34H60N6O7. The Bertz CT molecular complexity index is 1090. The highest BCUT2D eigenvalue weighted by molar-refractivity contribution is 5.96. The first-order valence-electron chi connectivity index (χ1n) is 17.3. The van der Waals surface area contributed by atoms with Gasteiger partial charge in [0.25, 0.3) is 5.91 Å². The number of aldehydes is 1. The molecule has 0 aliphatic carbocycles. The highest BCUT2D eigenvalue weighted by atomic mass is 16.7. The number of hydrogen-bond donors (Lipinski definition) is 2. The van der Waals surface area contributed by atoms with Gasteiger partial charge in [-0.3, -0.25) is 33.7 Å². The molecule has 3 unspecified atom stereocenters. The lowest BCUT2D eigenvalue weighted by Gasteiger charge is -2.36. The number of amides is 5. The van der Waals surface area contributed by atoms with Crippen LogP contribution >= 0.6 is 0 Å². The molecule has 0 aromatic carbocycles. The van der Waals surface area contributed by atoms with E-state index in [2.05, 4.69) is 10.6 Å². The lowest BCUT2D eigenvalue weighted by Crippen LogP contribution is -2.58. The number of hydrogen-bond acceptors (Lipinski definition) is 8. The van der Waals surface area contributed by atoms with Gasteiger partial charge in [-0.25, -0.2) is 5.06 Å². The summed E-state index contributed by atoms with van der Waals surface area (Å²) in [6, 6.07) is -4.48.